The van der Waals surface area contributed by atoms with Gasteiger partial charge in [-0.05, 0) is 86.9 Å². The van der Waals surface area contributed by atoms with Gasteiger partial charge in [0.2, 0.25) is 5.95 Å². The van der Waals surface area contributed by atoms with Crippen molar-refractivity contribution in [3.63, 3.8) is 0 Å². The number of nitrogens with one attached hydrogen (secondary N) is 2. The normalized spacial score (nSPS) is 15.3. The van der Waals surface area contributed by atoms with E-state index in [2.05, 4.69) is 24.8 Å². The smallest absolute Gasteiger partial charge is 0.267 e. The van der Waals surface area contributed by atoms with Crippen molar-refractivity contribution in [3.8, 4) is 27.6 Å². The van der Waals surface area contributed by atoms with Crippen molar-refractivity contribution >= 4 is 59.3 Å². The summed E-state index contributed by atoms with van der Waals surface area (Å²) < 4.78 is 86.6. The summed E-state index contributed by atoms with van der Waals surface area (Å²) in [5, 5.41) is 4.13. The molecule has 0 bridgehead atoms. The summed E-state index contributed by atoms with van der Waals surface area (Å²) >= 11 is 1.47. The molecule has 56 heavy (non-hydrogen) atoms. The third kappa shape index (κ3) is 8.89. The molecule has 2 aliphatic rings. The molecule has 4 heterocycles. The lowest BCUT2D eigenvalue weighted by Gasteiger charge is -2.35. The Labute approximate surface area is 330 Å². The maximum Gasteiger partial charge on any atom is 0.267 e. The number of methoxy groups -OCH3 is 1. The maximum absolute atomic E-state index is 14.5. The first-order chi connectivity index (χ1) is 26.8. The molecule has 3 aromatic carbocycles. The van der Waals surface area contributed by atoms with Crippen molar-refractivity contribution < 1.29 is 30.4 Å². The van der Waals surface area contributed by atoms with E-state index in [1.54, 1.807) is 37.6 Å². The fourth-order valence-corrected chi connectivity index (χ4v) is 10.3. The third-order valence-corrected chi connectivity index (χ3v) is 13.6. The SMILES string of the molecule is COc1cc(N2CCC(CCS(C)(=O)=O)CC2)c(C)cc1Nc1nccc(-c2sc(N3CCCC3)nc2-c2cccc(NS(=O)(=O)c3c(F)cccc3F)c2)n1. The number of benzene rings is 3. The number of aromatic nitrogens is 3. The zero-order valence-corrected chi connectivity index (χ0v) is 33.7. The molecule has 12 nitrogen and oxygen atoms in total. The van der Waals surface area contributed by atoms with Crippen LogP contribution in [0.25, 0.3) is 21.8 Å². The first-order valence-corrected chi connectivity index (χ1v) is 22.7. The van der Waals surface area contributed by atoms with Crippen LogP contribution in [0.1, 0.15) is 37.7 Å². The molecule has 0 unspecified atom stereocenters. The fraction of sp³-hybridized carbons (Fsp3) is 0.359. The van der Waals surface area contributed by atoms with E-state index in [0.717, 1.165) is 91.3 Å². The highest BCUT2D eigenvalue weighted by Gasteiger charge is 2.27. The number of thiazole rings is 1. The molecule has 2 fully saturated rings. The van der Waals surface area contributed by atoms with Crippen LogP contribution in [-0.2, 0) is 19.9 Å². The number of piperidine rings is 1. The number of sulfonamides is 1. The Morgan fingerprint density at radius 2 is 1.62 bits per heavy atom. The Kier molecular flexibility index (Phi) is 11.5. The highest BCUT2D eigenvalue weighted by molar-refractivity contribution is 7.92. The molecule has 2 aliphatic heterocycles. The predicted octanol–water partition coefficient (Wildman–Crippen LogP) is 7.66. The van der Waals surface area contributed by atoms with Crippen LogP contribution in [0.15, 0.2) is 71.8 Å². The molecule has 0 saturated carbocycles. The summed E-state index contributed by atoms with van der Waals surface area (Å²) in [6, 6.07) is 15.2. The van der Waals surface area contributed by atoms with E-state index < -0.39 is 36.4 Å². The molecule has 296 valence electrons. The van der Waals surface area contributed by atoms with Crippen molar-refractivity contribution in [1.82, 2.24) is 15.0 Å². The summed E-state index contributed by atoms with van der Waals surface area (Å²) in [6.45, 7) is 5.40. The number of rotatable bonds is 13. The van der Waals surface area contributed by atoms with Crippen LogP contribution in [0.5, 0.6) is 5.75 Å². The van der Waals surface area contributed by atoms with Gasteiger partial charge in [0.25, 0.3) is 10.0 Å². The van der Waals surface area contributed by atoms with Crippen LogP contribution in [0, 0.1) is 24.5 Å². The van der Waals surface area contributed by atoms with Gasteiger partial charge in [-0.3, -0.25) is 4.72 Å². The Morgan fingerprint density at radius 1 is 0.911 bits per heavy atom. The van der Waals surface area contributed by atoms with Gasteiger partial charge in [-0.15, -0.1) is 0 Å². The fourth-order valence-electron chi connectivity index (χ4n) is 7.19. The second kappa shape index (κ2) is 16.3. The lowest BCUT2D eigenvalue weighted by atomic mass is 9.93. The maximum atomic E-state index is 14.5. The van der Waals surface area contributed by atoms with Crippen molar-refractivity contribution in [2.45, 2.75) is 43.9 Å². The molecular formula is C39H43F2N7O5S3. The molecule has 0 radical (unpaired) electrons. The van der Waals surface area contributed by atoms with Crippen molar-refractivity contribution in [3.05, 3.63) is 84.1 Å². The Balaban J connectivity index is 1.15. The topological polar surface area (TPSA) is 147 Å². The lowest BCUT2D eigenvalue weighted by Crippen LogP contribution is -2.34. The minimum absolute atomic E-state index is 0.110. The Hall–Kier alpha value is -4.87. The number of halogens is 2. The van der Waals surface area contributed by atoms with Crippen LogP contribution in [0.3, 0.4) is 0 Å². The predicted molar refractivity (Wildman–Crippen MR) is 217 cm³/mol. The van der Waals surface area contributed by atoms with E-state index in [1.807, 2.05) is 19.1 Å². The largest absolute Gasteiger partial charge is 0.494 e. The molecular weight excluding hydrogens is 781 g/mol. The molecule has 2 N–H and O–H groups in total. The zero-order valence-electron chi connectivity index (χ0n) is 31.3. The summed E-state index contributed by atoms with van der Waals surface area (Å²) in [5.41, 5.74) is 4.62. The standard InChI is InChI=1S/C39H43F2N7O5S3/c1-25-22-32(34(53-2)24-33(25)47-19-13-26(14-20-47)15-21-55(3,49)50)44-38-42-16-12-31(43-38)36-35(45-39(54-36)48-17-4-5-18-48)27-8-6-9-28(23-27)46-56(51,52)37-29(40)10-7-11-30(37)41/h6-12,16,22-24,26,46H,4-5,13-15,17-21H2,1-3H3,(H,42,43,44). The van der Waals surface area contributed by atoms with Gasteiger partial charge >= 0.3 is 0 Å². The molecule has 2 saturated heterocycles. The van der Waals surface area contributed by atoms with Crippen LogP contribution >= 0.6 is 11.3 Å². The quantitative estimate of drug-likeness (QED) is 0.121. The van der Waals surface area contributed by atoms with Gasteiger partial charge in [0, 0.05) is 61.6 Å². The number of anilines is 5. The van der Waals surface area contributed by atoms with E-state index in [0.29, 0.717) is 46.7 Å². The Bertz CT molecular complexity index is 2430. The Morgan fingerprint density at radius 3 is 2.32 bits per heavy atom. The van der Waals surface area contributed by atoms with Gasteiger partial charge in [0.1, 0.15) is 27.2 Å². The molecule has 0 atom stereocenters. The first-order valence-electron chi connectivity index (χ1n) is 18.3. The molecule has 5 aromatic rings. The van der Waals surface area contributed by atoms with E-state index in [9.17, 15) is 25.6 Å². The molecule has 17 heteroatoms. The van der Waals surface area contributed by atoms with E-state index in [4.69, 9.17) is 14.7 Å². The van der Waals surface area contributed by atoms with Crippen LogP contribution in [0.4, 0.5) is 36.9 Å². The van der Waals surface area contributed by atoms with E-state index in [-0.39, 0.29) is 11.4 Å². The van der Waals surface area contributed by atoms with Crippen molar-refractivity contribution in [1.29, 1.82) is 0 Å². The van der Waals surface area contributed by atoms with Gasteiger partial charge in [-0.25, -0.2) is 40.6 Å². The summed E-state index contributed by atoms with van der Waals surface area (Å²) in [5.74, 6) is -0.839. The number of sulfone groups is 1. The van der Waals surface area contributed by atoms with Gasteiger partial charge in [-0.2, -0.15) is 0 Å². The molecule has 0 amide bonds. The van der Waals surface area contributed by atoms with Crippen LogP contribution in [0.2, 0.25) is 0 Å². The average molecular weight is 824 g/mol. The van der Waals surface area contributed by atoms with Crippen molar-refractivity contribution in [2.75, 3.05) is 65.1 Å². The second-order valence-corrected chi connectivity index (χ2v) is 19.0. The number of hydrogen-bond acceptors (Lipinski definition) is 12. The van der Waals surface area contributed by atoms with Gasteiger partial charge < -0.3 is 19.9 Å². The molecule has 0 spiro atoms. The molecule has 2 aromatic heterocycles. The monoisotopic (exact) mass is 823 g/mol. The van der Waals surface area contributed by atoms with Gasteiger partial charge in [0.05, 0.1) is 34.8 Å². The molecule has 0 aliphatic carbocycles. The van der Waals surface area contributed by atoms with Gasteiger partial charge in [0.15, 0.2) is 10.0 Å². The van der Waals surface area contributed by atoms with E-state index >= 15 is 0 Å². The number of nitrogens with zero attached hydrogens (tertiary/aromatic N) is 5. The second-order valence-electron chi connectivity index (χ2n) is 14.2. The van der Waals surface area contributed by atoms with Crippen molar-refractivity contribution in [2.24, 2.45) is 5.92 Å². The van der Waals surface area contributed by atoms with E-state index in [1.165, 1.54) is 23.7 Å². The zero-order chi connectivity index (χ0) is 39.6. The van der Waals surface area contributed by atoms with Crippen LogP contribution < -0.4 is 24.6 Å². The van der Waals surface area contributed by atoms with Crippen LogP contribution in [-0.4, -0.2) is 77.1 Å². The summed E-state index contributed by atoms with van der Waals surface area (Å²) in [7, 11) is -5.96. The molecule has 7 rings (SSSR count). The summed E-state index contributed by atoms with van der Waals surface area (Å²) in [4.78, 5) is 18.6. The number of hydrogen-bond donors (Lipinski definition) is 2. The summed E-state index contributed by atoms with van der Waals surface area (Å²) in [6.07, 6.45) is 7.55. The lowest BCUT2D eigenvalue weighted by molar-refractivity contribution is 0.393. The highest BCUT2D eigenvalue weighted by atomic mass is 32.2. The highest BCUT2D eigenvalue weighted by Crippen LogP contribution is 2.42. The minimum atomic E-state index is -4.59. The first kappa shape index (κ1) is 39.4. The number of ether oxygens (including phenoxy) is 1. The number of aryl methyl sites for hydroxylation is 1. The third-order valence-electron chi connectivity index (χ3n) is 10.1. The minimum Gasteiger partial charge on any atom is -0.494 e. The average Bonchev–Trinajstić information content (AvgIpc) is 3.86. The van der Waals surface area contributed by atoms with Gasteiger partial charge in [-0.1, -0.05) is 29.5 Å².